The van der Waals surface area contributed by atoms with Crippen LogP contribution in [0.1, 0.15) is 42.5 Å². The highest BCUT2D eigenvalue weighted by Gasteiger charge is 2.19. The van der Waals surface area contributed by atoms with Gasteiger partial charge in [-0.15, -0.1) is 0 Å². The fourth-order valence-electron chi connectivity index (χ4n) is 2.44. The van der Waals surface area contributed by atoms with Crippen molar-refractivity contribution in [2.24, 2.45) is 0 Å². The molecule has 0 bridgehead atoms. The third-order valence-corrected chi connectivity index (χ3v) is 3.96. The van der Waals surface area contributed by atoms with Gasteiger partial charge in [-0.05, 0) is 52.8 Å². The number of aryl methyl sites for hydroxylation is 2. The summed E-state index contributed by atoms with van der Waals surface area (Å²) in [6.45, 7) is 8.71. The largest absolute Gasteiger partial charge is 0.452 e. The second-order valence-electron chi connectivity index (χ2n) is 7.72. The van der Waals surface area contributed by atoms with Gasteiger partial charge in [-0.1, -0.05) is 0 Å². The molecule has 2 amide bonds. The van der Waals surface area contributed by atoms with Gasteiger partial charge >= 0.3 is 5.97 Å². The number of amides is 2. The normalized spacial score (nSPS) is 11.2. The summed E-state index contributed by atoms with van der Waals surface area (Å²) in [5, 5.41) is 2.77. The molecule has 0 aliphatic rings. The first-order chi connectivity index (χ1) is 13.0. The van der Waals surface area contributed by atoms with Crippen molar-refractivity contribution in [2.75, 3.05) is 20.2 Å². The minimum atomic E-state index is -0.636. The van der Waals surface area contributed by atoms with Gasteiger partial charge in [-0.3, -0.25) is 9.59 Å². The van der Waals surface area contributed by atoms with E-state index in [1.807, 2.05) is 34.6 Å². The molecule has 1 aromatic heterocycles. The summed E-state index contributed by atoms with van der Waals surface area (Å²) >= 11 is 0. The molecule has 8 nitrogen and oxygen atoms in total. The fourth-order valence-corrected chi connectivity index (χ4v) is 2.44. The zero-order valence-electron chi connectivity index (χ0n) is 17.1. The van der Waals surface area contributed by atoms with E-state index in [1.54, 1.807) is 18.2 Å². The van der Waals surface area contributed by atoms with Gasteiger partial charge in [0, 0.05) is 12.6 Å². The Kier molecular flexibility index (Phi) is 6.33. The van der Waals surface area contributed by atoms with E-state index >= 15 is 0 Å². The number of benzene rings is 1. The van der Waals surface area contributed by atoms with E-state index in [0.717, 1.165) is 11.4 Å². The topological polar surface area (TPSA) is 101 Å². The van der Waals surface area contributed by atoms with E-state index in [9.17, 15) is 14.4 Å². The van der Waals surface area contributed by atoms with Gasteiger partial charge in [-0.2, -0.15) is 0 Å². The number of likely N-dealkylation sites (N-methyl/N-ethyl adjacent to an activating group) is 1. The standard InChI is InChI=1S/C20H26N4O4/c1-12-13(2)22-16-9-14(7-8-15(16)21-12)19(27)28-11-18(26)24(6)10-17(25)23-20(3,4)5/h7-9H,10-11H2,1-6H3,(H,23,25). The summed E-state index contributed by atoms with van der Waals surface area (Å²) in [7, 11) is 1.48. The average Bonchev–Trinajstić information content (AvgIpc) is 2.58. The lowest BCUT2D eigenvalue weighted by Crippen LogP contribution is -2.46. The third-order valence-electron chi connectivity index (χ3n) is 3.96. The number of ether oxygens (including phenoxy) is 1. The number of nitrogens with one attached hydrogen (secondary N) is 1. The van der Waals surface area contributed by atoms with Crippen LogP contribution >= 0.6 is 0 Å². The van der Waals surface area contributed by atoms with E-state index in [4.69, 9.17) is 4.74 Å². The smallest absolute Gasteiger partial charge is 0.338 e. The predicted molar refractivity (Wildman–Crippen MR) is 105 cm³/mol. The van der Waals surface area contributed by atoms with E-state index in [-0.39, 0.29) is 23.6 Å². The summed E-state index contributed by atoms with van der Waals surface area (Å²) < 4.78 is 5.09. The molecule has 28 heavy (non-hydrogen) atoms. The number of aromatic nitrogens is 2. The first-order valence-corrected chi connectivity index (χ1v) is 8.93. The number of hydrogen-bond donors (Lipinski definition) is 1. The number of fused-ring (bicyclic) bond motifs is 1. The molecule has 0 saturated heterocycles. The van der Waals surface area contributed by atoms with Crippen molar-refractivity contribution in [2.45, 2.75) is 40.2 Å². The first kappa shape index (κ1) is 21.3. The van der Waals surface area contributed by atoms with Crippen molar-refractivity contribution in [3.05, 3.63) is 35.2 Å². The summed E-state index contributed by atoms with van der Waals surface area (Å²) in [6, 6.07) is 4.86. The second-order valence-corrected chi connectivity index (χ2v) is 7.72. The maximum absolute atomic E-state index is 12.3. The SMILES string of the molecule is Cc1nc2ccc(C(=O)OCC(=O)N(C)CC(=O)NC(C)(C)C)cc2nc1C. The van der Waals surface area contributed by atoms with E-state index in [1.165, 1.54) is 11.9 Å². The molecule has 0 fully saturated rings. The van der Waals surface area contributed by atoms with Crippen molar-refractivity contribution >= 4 is 28.8 Å². The van der Waals surface area contributed by atoms with Crippen LogP contribution in [0.5, 0.6) is 0 Å². The lowest BCUT2D eigenvalue weighted by atomic mass is 10.1. The van der Waals surface area contributed by atoms with Crippen LogP contribution in [0.25, 0.3) is 11.0 Å². The molecule has 0 saturated carbocycles. The second kappa shape index (κ2) is 8.33. The Bertz CT molecular complexity index is 918. The van der Waals surface area contributed by atoms with Gasteiger partial charge < -0.3 is 15.0 Å². The summed E-state index contributed by atoms with van der Waals surface area (Å²) in [5.74, 6) is -1.39. The van der Waals surface area contributed by atoms with Crippen LogP contribution in [0.4, 0.5) is 0 Å². The number of carbonyl (C=O) groups is 3. The molecule has 0 aliphatic carbocycles. The molecular weight excluding hydrogens is 360 g/mol. The Morgan fingerprint density at radius 2 is 1.68 bits per heavy atom. The monoisotopic (exact) mass is 386 g/mol. The molecule has 0 radical (unpaired) electrons. The van der Waals surface area contributed by atoms with Crippen molar-refractivity contribution in [1.29, 1.82) is 0 Å². The Morgan fingerprint density at radius 1 is 1.07 bits per heavy atom. The molecule has 1 aromatic carbocycles. The molecule has 8 heteroatoms. The van der Waals surface area contributed by atoms with Crippen LogP contribution in [0, 0.1) is 13.8 Å². The van der Waals surface area contributed by atoms with Gasteiger partial charge in [0.1, 0.15) is 0 Å². The van der Waals surface area contributed by atoms with E-state index < -0.39 is 18.5 Å². The van der Waals surface area contributed by atoms with Crippen LogP contribution in [0.2, 0.25) is 0 Å². The van der Waals surface area contributed by atoms with Crippen molar-refractivity contribution in [3.63, 3.8) is 0 Å². The average molecular weight is 386 g/mol. The lowest BCUT2D eigenvalue weighted by Gasteiger charge is -2.23. The summed E-state index contributed by atoms with van der Waals surface area (Å²) in [6.07, 6.45) is 0. The Balaban J connectivity index is 1.95. The van der Waals surface area contributed by atoms with E-state index in [0.29, 0.717) is 11.0 Å². The number of rotatable bonds is 5. The zero-order valence-corrected chi connectivity index (χ0v) is 17.1. The number of esters is 1. The van der Waals surface area contributed by atoms with Gasteiger partial charge in [0.2, 0.25) is 5.91 Å². The van der Waals surface area contributed by atoms with Gasteiger partial charge in [0.05, 0.1) is 34.5 Å². The van der Waals surface area contributed by atoms with Gasteiger partial charge in [-0.25, -0.2) is 14.8 Å². The first-order valence-electron chi connectivity index (χ1n) is 8.93. The number of hydrogen-bond acceptors (Lipinski definition) is 6. The Labute approximate surface area is 164 Å². The van der Waals surface area contributed by atoms with Crippen molar-refractivity contribution < 1.29 is 19.1 Å². The highest BCUT2D eigenvalue weighted by atomic mass is 16.5. The molecule has 150 valence electrons. The lowest BCUT2D eigenvalue weighted by molar-refractivity contribution is -0.137. The maximum Gasteiger partial charge on any atom is 0.338 e. The highest BCUT2D eigenvalue weighted by molar-refractivity contribution is 5.95. The third kappa shape index (κ3) is 5.73. The van der Waals surface area contributed by atoms with Crippen LogP contribution in [0.15, 0.2) is 18.2 Å². The zero-order chi connectivity index (χ0) is 21.1. The molecule has 0 aliphatic heterocycles. The quantitative estimate of drug-likeness (QED) is 0.786. The van der Waals surface area contributed by atoms with Gasteiger partial charge in [0.15, 0.2) is 6.61 Å². The minimum absolute atomic E-state index is 0.113. The molecule has 1 heterocycles. The number of carbonyl (C=O) groups excluding carboxylic acids is 3. The Morgan fingerprint density at radius 3 is 2.29 bits per heavy atom. The minimum Gasteiger partial charge on any atom is -0.452 e. The van der Waals surface area contributed by atoms with Crippen molar-refractivity contribution in [1.82, 2.24) is 20.2 Å². The molecular formula is C20H26N4O4. The highest BCUT2D eigenvalue weighted by Crippen LogP contribution is 2.15. The number of nitrogens with zero attached hydrogens (tertiary/aromatic N) is 3. The molecule has 0 atom stereocenters. The Hall–Kier alpha value is -3.03. The van der Waals surface area contributed by atoms with Crippen LogP contribution in [-0.4, -0.2) is 58.4 Å². The van der Waals surface area contributed by atoms with Crippen molar-refractivity contribution in [3.8, 4) is 0 Å². The maximum atomic E-state index is 12.3. The molecule has 0 unspecified atom stereocenters. The molecule has 2 aromatic rings. The predicted octanol–water partition coefficient (Wildman–Crippen LogP) is 1.78. The molecule has 1 N–H and O–H groups in total. The fraction of sp³-hybridized carbons (Fsp3) is 0.450. The molecule has 2 rings (SSSR count). The van der Waals surface area contributed by atoms with Crippen LogP contribution in [-0.2, 0) is 14.3 Å². The van der Waals surface area contributed by atoms with E-state index in [2.05, 4.69) is 15.3 Å². The summed E-state index contributed by atoms with van der Waals surface area (Å²) in [5.41, 5.74) is 2.77. The van der Waals surface area contributed by atoms with Crippen LogP contribution < -0.4 is 5.32 Å². The van der Waals surface area contributed by atoms with Gasteiger partial charge in [0.25, 0.3) is 5.91 Å². The summed E-state index contributed by atoms with van der Waals surface area (Å²) in [4.78, 5) is 46.3. The van der Waals surface area contributed by atoms with Crippen LogP contribution in [0.3, 0.4) is 0 Å². The molecule has 0 spiro atoms.